The van der Waals surface area contributed by atoms with Crippen molar-refractivity contribution in [2.45, 2.75) is 51.7 Å². The van der Waals surface area contributed by atoms with Gasteiger partial charge in [0.1, 0.15) is 18.0 Å². The summed E-state index contributed by atoms with van der Waals surface area (Å²) in [6.07, 6.45) is -2.68. The van der Waals surface area contributed by atoms with Crippen LogP contribution in [0.4, 0.5) is 4.79 Å². The molecule has 228 valence electrons. The van der Waals surface area contributed by atoms with Crippen LogP contribution in [0.2, 0.25) is 0 Å². The number of aliphatic hydroxyl groups excluding tert-OH is 1. The number of nitrogens with one attached hydrogen (secondary N) is 3. The van der Waals surface area contributed by atoms with Crippen LogP contribution >= 0.6 is 0 Å². The third kappa shape index (κ3) is 9.45. The monoisotopic (exact) mass is 590 g/mol. The van der Waals surface area contributed by atoms with E-state index in [1.54, 1.807) is 31.7 Å². The van der Waals surface area contributed by atoms with Gasteiger partial charge in [-0.1, -0.05) is 66.7 Å². The number of rotatable bonds is 11. The zero-order valence-corrected chi connectivity index (χ0v) is 24.5. The second kappa shape index (κ2) is 14.5. The molecular formula is C32H38N4O7. The van der Waals surface area contributed by atoms with Crippen LogP contribution in [0.3, 0.4) is 0 Å². The fourth-order valence-corrected chi connectivity index (χ4v) is 4.34. The van der Waals surface area contributed by atoms with Gasteiger partial charge < -0.3 is 29.5 Å². The van der Waals surface area contributed by atoms with Crippen LogP contribution in [0.15, 0.2) is 78.9 Å². The largest absolute Gasteiger partial charge is 0.490 e. The van der Waals surface area contributed by atoms with E-state index < -0.39 is 29.9 Å². The summed E-state index contributed by atoms with van der Waals surface area (Å²) in [6.45, 7) is 6.36. The third-order valence-electron chi connectivity index (χ3n) is 6.38. The van der Waals surface area contributed by atoms with E-state index in [2.05, 4.69) is 10.8 Å². The number of guanidine groups is 1. The van der Waals surface area contributed by atoms with Crippen LogP contribution in [0.5, 0.6) is 5.75 Å². The van der Waals surface area contributed by atoms with Crippen LogP contribution in [0.25, 0.3) is 0 Å². The molecule has 0 bridgehead atoms. The average molecular weight is 591 g/mol. The van der Waals surface area contributed by atoms with Gasteiger partial charge in [-0.25, -0.2) is 15.1 Å². The van der Waals surface area contributed by atoms with Crippen molar-refractivity contribution >= 4 is 18.0 Å². The summed E-state index contributed by atoms with van der Waals surface area (Å²) in [5, 5.41) is 21.4. The summed E-state index contributed by atoms with van der Waals surface area (Å²) in [5.41, 5.74) is 5.55. The molecule has 0 radical (unpaired) electrons. The second-order valence-electron chi connectivity index (χ2n) is 11.0. The molecule has 0 saturated carbocycles. The Balaban J connectivity index is 1.22. The number of carbonyl (C=O) groups excluding carboxylic acids is 2. The molecule has 11 nitrogen and oxygen atoms in total. The molecular weight excluding hydrogens is 552 g/mol. The quantitative estimate of drug-likeness (QED) is 0.0855. The summed E-state index contributed by atoms with van der Waals surface area (Å²) in [5.74, 6) is -0.231. The Labute approximate surface area is 251 Å². The van der Waals surface area contributed by atoms with Crippen molar-refractivity contribution in [3.05, 3.63) is 101 Å². The first-order chi connectivity index (χ1) is 20.6. The number of ether oxygens (including phenoxy) is 3. The molecule has 1 aliphatic heterocycles. The van der Waals surface area contributed by atoms with E-state index >= 15 is 0 Å². The summed E-state index contributed by atoms with van der Waals surface area (Å²) in [7, 11) is 0. The van der Waals surface area contributed by atoms with Gasteiger partial charge in [-0.15, -0.1) is 0 Å². The SMILES string of the molecule is CC(C)(C)OC(=O)NCCONC(=N)N1Cc2ccc(OC[C@@H](O)C(=O)OC(c3ccccc3)c3ccccc3)cc2C1. The molecule has 3 aromatic rings. The Kier molecular flexibility index (Phi) is 10.6. The molecule has 3 aromatic carbocycles. The van der Waals surface area contributed by atoms with Gasteiger partial charge in [0, 0.05) is 19.6 Å². The van der Waals surface area contributed by atoms with Gasteiger partial charge in [-0.05, 0) is 55.2 Å². The fourth-order valence-electron chi connectivity index (χ4n) is 4.34. The maximum atomic E-state index is 12.8. The number of fused-ring (bicyclic) bond motifs is 1. The maximum absolute atomic E-state index is 12.8. The van der Waals surface area contributed by atoms with Crippen LogP contribution in [-0.4, -0.2) is 59.5 Å². The van der Waals surface area contributed by atoms with E-state index in [0.29, 0.717) is 18.8 Å². The summed E-state index contributed by atoms with van der Waals surface area (Å²) < 4.78 is 16.6. The highest BCUT2D eigenvalue weighted by atomic mass is 16.6. The molecule has 1 heterocycles. The lowest BCUT2D eigenvalue weighted by atomic mass is 10.0. The van der Waals surface area contributed by atoms with Gasteiger partial charge in [-0.2, -0.15) is 0 Å². The summed E-state index contributed by atoms with van der Waals surface area (Å²) >= 11 is 0. The van der Waals surface area contributed by atoms with Gasteiger partial charge in [-0.3, -0.25) is 10.2 Å². The lowest BCUT2D eigenvalue weighted by molar-refractivity contribution is -0.159. The van der Waals surface area contributed by atoms with Crippen molar-refractivity contribution < 1.29 is 33.7 Å². The normalized spacial score (nSPS) is 13.2. The van der Waals surface area contributed by atoms with Gasteiger partial charge in [0.05, 0.1) is 6.61 Å². The van der Waals surface area contributed by atoms with Crippen molar-refractivity contribution in [2.24, 2.45) is 0 Å². The molecule has 4 rings (SSSR count). The van der Waals surface area contributed by atoms with E-state index in [1.807, 2.05) is 72.8 Å². The number of hydroxylamine groups is 1. The molecule has 1 aliphatic rings. The lowest BCUT2D eigenvalue weighted by Crippen LogP contribution is -2.39. The zero-order valence-electron chi connectivity index (χ0n) is 24.5. The van der Waals surface area contributed by atoms with Crippen LogP contribution in [-0.2, 0) is 32.2 Å². The fraction of sp³-hybridized carbons (Fsp3) is 0.344. The predicted molar refractivity (Wildman–Crippen MR) is 159 cm³/mol. The van der Waals surface area contributed by atoms with Crippen LogP contribution in [0.1, 0.15) is 49.1 Å². The maximum Gasteiger partial charge on any atom is 0.407 e. The zero-order chi connectivity index (χ0) is 30.8. The van der Waals surface area contributed by atoms with Crippen LogP contribution < -0.4 is 15.5 Å². The van der Waals surface area contributed by atoms with Crippen molar-refractivity contribution in [3.63, 3.8) is 0 Å². The van der Waals surface area contributed by atoms with Crippen molar-refractivity contribution in [3.8, 4) is 5.75 Å². The van der Waals surface area contributed by atoms with E-state index in [-0.39, 0.29) is 25.7 Å². The standard InChI is InChI=1S/C32H38N4O7/c1-32(2,3)43-31(39)34-16-17-41-35-30(33)36-19-24-14-15-26(18-25(24)20-36)40-21-27(37)29(38)42-28(22-10-6-4-7-11-22)23-12-8-5-9-13-23/h4-15,18,27-28,37H,16-17,19-21H2,1-3H3,(H2,33,35)(H,34,39)/t27-/m1/s1. The van der Waals surface area contributed by atoms with Gasteiger partial charge in [0.2, 0.25) is 5.96 Å². The highest BCUT2D eigenvalue weighted by Crippen LogP contribution is 2.28. The Morgan fingerprint density at radius 2 is 1.58 bits per heavy atom. The Bertz CT molecular complexity index is 1340. The van der Waals surface area contributed by atoms with Crippen LogP contribution in [0, 0.1) is 5.41 Å². The number of esters is 1. The van der Waals surface area contributed by atoms with Crippen molar-refractivity contribution in [2.75, 3.05) is 19.8 Å². The number of aliphatic hydroxyl groups is 1. The number of alkyl carbamates (subject to hydrolysis) is 1. The number of carbonyl (C=O) groups is 2. The topological polar surface area (TPSA) is 142 Å². The number of hydrogen-bond acceptors (Lipinski definition) is 8. The summed E-state index contributed by atoms with van der Waals surface area (Å²) in [6, 6.07) is 24.2. The molecule has 0 saturated heterocycles. The predicted octanol–water partition coefficient (Wildman–Crippen LogP) is 4.06. The minimum Gasteiger partial charge on any atom is -0.490 e. The molecule has 4 N–H and O–H groups in total. The number of hydrogen-bond donors (Lipinski definition) is 4. The first-order valence-electron chi connectivity index (χ1n) is 14.0. The minimum absolute atomic E-state index is 0.0699. The van der Waals surface area contributed by atoms with Crippen molar-refractivity contribution in [1.29, 1.82) is 5.41 Å². The smallest absolute Gasteiger partial charge is 0.407 e. The highest BCUT2D eigenvalue weighted by Gasteiger charge is 2.26. The number of amides is 1. The first-order valence-corrected chi connectivity index (χ1v) is 14.0. The van der Waals surface area contributed by atoms with Gasteiger partial charge in [0.15, 0.2) is 12.2 Å². The molecule has 43 heavy (non-hydrogen) atoms. The number of nitrogens with zero attached hydrogens (tertiary/aromatic N) is 1. The number of benzene rings is 3. The van der Waals surface area contributed by atoms with E-state index in [4.69, 9.17) is 24.5 Å². The van der Waals surface area contributed by atoms with E-state index in [9.17, 15) is 14.7 Å². The average Bonchev–Trinajstić information content (AvgIpc) is 3.42. The molecule has 0 fully saturated rings. The molecule has 1 amide bonds. The van der Waals surface area contributed by atoms with E-state index in [1.165, 1.54) is 0 Å². The molecule has 1 atom stereocenters. The first kappa shape index (κ1) is 31.3. The Morgan fingerprint density at radius 1 is 0.953 bits per heavy atom. The minimum atomic E-state index is -1.49. The second-order valence-corrected chi connectivity index (χ2v) is 11.0. The Hall–Kier alpha value is -4.61. The molecule has 0 aliphatic carbocycles. The molecule has 0 unspecified atom stereocenters. The van der Waals surface area contributed by atoms with Gasteiger partial charge >= 0.3 is 12.1 Å². The highest BCUT2D eigenvalue weighted by molar-refractivity contribution is 5.76. The van der Waals surface area contributed by atoms with E-state index in [0.717, 1.165) is 22.3 Å². The third-order valence-corrected chi connectivity index (χ3v) is 6.38. The van der Waals surface area contributed by atoms with Gasteiger partial charge in [0.25, 0.3) is 0 Å². The molecule has 0 spiro atoms. The lowest BCUT2D eigenvalue weighted by Gasteiger charge is -2.21. The summed E-state index contributed by atoms with van der Waals surface area (Å²) in [4.78, 5) is 31.6. The Morgan fingerprint density at radius 3 is 2.21 bits per heavy atom. The molecule has 11 heteroatoms. The molecule has 0 aromatic heterocycles. The van der Waals surface area contributed by atoms with Crippen molar-refractivity contribution in [1.82, 2.24) is 15.7 Å².